The molecule has 0 unspecified atom stereocenters. The van der Waals surface area contributed by atoms with E-state index in [9.17, 15) is 8.42 Å². The second-order valence-corrected chi connectivity index (χ2v) is 7.49. The molecule has 0 amide bonds. The van der Waals surface area contributed by atoms with Crippen LogP contribution in [0.5, 0.6) is 0 Å². The lowest BCUT2D eigenvalue weighted by Crippen LogP contribution is -2.35. The van der Waals surface area contributed by atoms with Crippen LogP contribution in [0.15, 0.2) is 44.3 Å². The van der Waals surface area contributed by atoms with Gasteiger partial charge in [-0.25, -0.2) is 8.42 Å². The molecule has 1 aliphatic rings. The average molecular weight is 372 g/mol. The van der Waals surface area contributed by atoms with Gasteiger partial charge in [-0.3, -0.25) is 0 Å². The van der Waals surface area contributed by atoms with Gasteiger partial charge in [0.1, 0.15) is 17.3 Å². The fourth-order valence-corrected chi connectivity index (χ4v) is 4.85. The molecule has 0 bridgehead atoms. The molecule has 1 aromatic heterocycles. The third kappa shape index (κ3) is 2.66. The number of benzene rings is 1. The maximum absolute atomic E-state index is 12.7. The lowest BCUT2D eigenvalue weighted by molar-refractivity contribution is 0.245. The Morgan fingerprint density at radius 1 is 1.29 bits per heavy atom. The van der Waals surface area contributed by atoms with Gasteiger partial charge in [-0.05, 0) is 33.5 Å². The van der Waals surface area contributed by atoms with Crippen LogP contribution < -0.4 is 0 Å². The highest BCUT2D eigenvalue weighted by atomic mass is 79.9. The first-order valence-electron chi connectivity index (χ1n) is 6.48. The molecular weight excluding hydrogens is 358 g/mol. The number of rotatable bonds is 3. The fraction of sp³-hybridized carbons (Fsp3) is 0.286. The predicted molar refractivity (Wildman–Crippen MR) is 80.1 cm³/mol. The number of fused-ring (bicyclic) bond motifs is 1. The van der Waals surface area contributed by atoms with Crippen molar-refractivity contribution >= 4 is 26.0 Å². The zero-order valence-electron chi connectivity index (χ0n) is 11.1. The van der Waals surface area contributed by atoms with Gasteiger partial charge in [-0.2, -0.15) is 4.31 Å². The summed E-state index contributed by atoms with van der Waals surface area (Å²) in [6, 6.07) is 9.20. The standard InChI is InChI=1S/C14H14BrNO4S/c15-14-13(7-12(9-17)20-14)21(18,19)16-6-5-10-3-1-2-4-11(10)8-16/h1-4,7,17H,5-6,8-9H2. The first-order valence-corrected chi connectivity index (χ1v) is 8.71. The predicted octanol–water partition coefficient (Wildman–Crippen LogP) is 2.28. The zero-order valence-corrected chi connectivity index (χ0v) is 13.5. The van der Waals surface area contributed by atoms with Crippen molar-refractivity contribution in [3.8, 4) is 0 Å². The summed E-state index contributed by atoms with van der Waals surface area (Å²) in [4.78, 5) is 0.0610. The summed E-state index contributed by atoms with van der Waals surface area (Å²) in [7, 11) is -3.64. The van der Waals surface area contributed by atoms with Crippen LogP contribution in [0.4, 0.5) is 0 Å². The number of aliphatic hydroxyl groups excluding tert-OH is 1. The van der Waals surface area contributed by atoms with Crippen molar-refractivity contribution in [2.45, 2.75) is 24.5 Å². The van der Waals surface area contributed by atoms with Crippen LogP contribution in [-0.4, -0.2) is 24.4 Å². The van der Waals surface area contributed by atoms with Crippen molar-refractivity contribution < 1.29 is 17.9 Å². The van der Waals surface area contributed by atoms with Crippen LogP contribution in [0.3, 0.4) is 0 Å². The minimum atomic E-state index is -3.64. The topological polar surface area (TPSA) is 70.8 Å². The zero-order chi connectivity index (χ0) is 15.0. The summed E-state index contributed by atoms with van der Waals surface area (Å²) in [5.41, 5.74) is 2.21. The van der Waals surface area contributed by atoms with E-state index >= 15 is 0 Å². The van der Waals surface area contributed by atoms with E-state index in [1.807, 2.05) is 24.3 Å². The summed E-state index contributed by atoms with van der Waals surface area (Å²) < 4.78 is 32.1. The molecule has 1 aliphatic heterocycles. The van der Waals surface area contributed by atoms with E-state index in [1.165, 1.54) is 15.9 Å². The second kappa shape index (κ2) is 5.57. The van der Waals surface area contributed by atoms with E-state index in [0.29, 0.717) is 19.5 Å². The number of hydrogen-bond acceptors (Lipinski definition) is 4. The molecule has 1 aromatic carbocycles. The Balaban J connectivity index is 1.95. The third-order valence-electron chi connectivity index (χ3n) is 3.58. The van der Waals surface area contributed by atoms with Crippen molar-refractivity contribution in [1.82, 2.24) is 4.31 Å². The quantitative estimate of drug-likeness (QED) is 0.898. The molecule has 0 aliphatic carbocycles. The molecule has 2 heterocycles. The van der Waals surface area contributed by atoms with Crippen LogP contribution in [0.2, 0.25) is 0 Å². The van der Waals surface area contributed by atoms with E-state index in [2.05, 4.69) is 15.9 Å². The fourth-order valence-electron chi connectivity index (χ4n) is 2.47. The number of halogens is 1. The van der Waals surface area contributed by atoms with E-state index < -0.39 is 10.0 Å². The molecule has 0 saturated carbocycles. The van der Waals surface area contributed by atoms with Crippen LogP contribution in [-0.2, 0) is 29.6 Å². The van der Waals surface area contributed by atoms with Gasteiger partial charge in [0.05, 0.1) is 0 Å². The molecule has 5 nitrogen and oxygen atoms in total. The first kappa shape index (κ1) is 14.8. The van der Waals surface area contributed by atoms with Crippen LogP contribution in [0.1, 0.15) is 16.9 Å². The average Bonchev–Trinajstić information content (AvgIpc) is 2.88. The molecule has 21 heavy (non-hydrogen) atoms. The summed E-state index contributed by atoms with van der Waals surface area (Å²) in [6.07, 6.45) is 0.692. The summed E-state index contributed by atoms with van der Waals surface area (Å²) in [5, 5.41) is 9.06. The van der Waals surface area contributed by atoms with E-state index in [4.69, 9.17) is 9.52 Å². The highest BCUT2D eigenvalue weighted by Crippen LogP contribution is 2.31. The molecule has 0 saturated heterocycles. The van der Waals surface area contributed by atoms with Gasteiger partial charge in [0.15, 0.2) is 4.67 Å². The molecule has 1 N–H and O–H groups in total. The number of nitrogens with zero attached hydrogens (tertiary/aromatic N) is 1. The molecule has 0 radical (unpaired) electrons. The second-order valence-electron chi connectivity index (χ2n) is 4.87. The smallest absolute Gasteiger partial charge is 0.247 e. The molecule has 3 rings (SSSR count). The minimum Gasteiger partial charge on any atom is -0.450 e. The van der Waals surface area contributed by atoms with Crippen LogP contribution in [0.25, 0.3) is 0 Å². The van der Waals surface area contributed by atoms with E-state index in [-0.39, 0.29) is 21.9 Å². The van der Waals surface area contributed by atoms with Crippen molar-refractivity contribution in [3.05, 3.63) is 51.9 Å². The number of furan rings is 1. The summed E-state index contributed by atoms with van der Waals surface area (Å²) in [5.74, 6) is 0.220. The van der Waals surface area contributed by atoms with Gasteiger partial charge in [-0.15, -0.1) is 0 Å². The Bertz CT molecular complexity index is 769. The minimum absolute atomic E-state index is 0.0610. The van der Waals surface area contributed by atoms with Crippen molar-refractivity contribution in [3.63, 3.8) is 0 Å². The van der Waals surface area contributed by atoms with Crippen LogP contribution >= 0.6 is 15.9 Å². The highest BCUT2D eigenvalue weighted by Gasteiger charge is 2.31. The Morgan fingerprint density at radius 2 is 2.00 bits per heavy atom. The maximum atomic E-state index is 12.7. The van der Waals surface area contributed by atoms with E-state index in [1.54, 1.807) is 0 Å². The van der Waals surface area contributed by atoms with Gasteiger partial charge < -0.3 is 9.52 Å². The first-order chi connectivity index (χ1) is 10.0. The largest absolute Gasteiger partial charge is 0.450 e. The van der Waals surface area contributed by atoms with Crippen molar-refractivity contribution in [2.24, 2.45) is 0 Å². The van der Waals surface area contributed by atoms with Gasteiger partial charge in [-0.1, -0.05) is 24.3 Å². The van der Waals surface area contributed by atoms with Gasteiger partial charge in [0.25, 0.3) is 0 Å². The molecule has 2 aromatic rings. The Kier molecular flexibility index (Phi) is 3.92. The maximum Gasteiger partial charge on any atom is 0.247 e. The van der Waals surface area contributed by atoms with Gasteiger partial charge >= 0.3 is 0 Å². The normalized spacial score (nSPS) is 15.9. The molecule has 0 atom stereocenters. The van der Waals surface area contributed by atoms with Gasteiger partial charge in [0.2, 0.25) is 10.0 Å². The Morgan fingerprint density at radius 3 is 2.67 bits per heavy atom. The summed E-state index contributed by atoms with van der Waals surface area (Å²) in [6.45, 7) is 0.451. The number of aliphatic hydroxyl groups is 1. The van der Waals surface area contributed by atoms with Gasteiger partial charge in [0, 0.05) is 19.2 Å². The lowest BCUT2D eigenvalue weighted by Gasteiger charge is -2.27. The molecule has 112 valence electrons. The molecule has 0 fully saturated rings. The van der Waals surface area contributed by atoms with Crippen molar-refractivity contribution in [2.75, 3.05) is 6.54 Å². The molecule has 7 heteroatoms. The Labute approximate surface area is 131 Å². The third-order valence-corrected chi connectivity index (χ3v) is 6.28. The molecule has 0 spiro atoms. The highest BCUT2D eigenvalue weighted by molar-refractivity contribution is 9.10. The Hall–Kier alpha value is -1.15. The SMILES string of the molecule is O=S(=O)(c1cc(CO)oc1Br)N1CCc2ccccc2C1. The lowest BCUT2D eigenvalue weighted by atomic mass is 10.0. The van der Waals surface area contributed by atoms with Crippen LogP contribution in [0, 0.1) is 0 Å². The number of sulfonamides is 1. The molecular formula is C14H14BrNO4S. The summed E-state index contributed by atoms with van der Waals surface area (Å²) >= 11 is 3.11. The number of hydrogen-bond donors (Lipinski definition) is 1. The van der Waals surface area contributed by atoms with Crippen molar-refractivity contribution in [1.29, 1.82) is 0 Å². The van der Waals surface area contributed by atoms with E-state index in [0.717, 1.165) is 5.56 Å². The monoisotopic (exact) mass is 371 g/mol.